The second kappa shape index (κ2) is 8.44. The van der Waals surface area contributed by atoms with E-state index in [4.69, 9.17) is 10.3 Å². The van der Waals surface area contributed by atoms with Gasteiger partial charge in [-0.15, -0.1) is 6.58 Å². The largest absolute Gasteiger partial charge is 0.438 e. The molecule has 1 unspecified atom stereocenters. The summed E-state index contributed by atoms with van der Waals surface area (Å²) >= 11 is 0. The molecule has 4 nitrogen and oxygen atoms in total. The van der Waals surface area contributed by atoms with E-state index in [0.29, 0.717) is 6.54 Å². The Morgan fingerprint density at radius 1 is 0.862 bits per heavy atom. The summed E-state index contributed by atoms with van der Waals surface area (Å²) in [5.41, 5.74) is 4.91. The highest BCUT2D eigenvalue weighted by Gasteiger charge is 2.92. The highest BCUT2D eigenvalue weighted by Crippen LogP contribution is 2.61. The Hall–Kier alpha value is -1.30. The lowest BCUT2D eigenvalue weighted by molar-refractivity contribution is -0.421. The summed E-state index contributed by atoms with van der Waals surface area (Å²) in [6.45, 7) is 3.38. The summed E-state index contributed by atoms with van der Waals surface area (Å²) in [5, 5.41) is -7.50. The molecule has 0 rings (SSSR count). The van der Waals surface area contributed by atoms with Crippen LogP contribution in [0.15, 0.2) is 12.7 Å². The van der Waals surface area contributed by atoms with Crippen LogP contribution >= 0.6 is 0 Å². The number of rotatable bonds is 8. The van der Waals surface area contributed by atoms with E-state index in [2.05, 4.69) is 6.58 Å². The van der Waals surface area contributed by atoms with Gasteiger partial charge in [0.2, 0.25) is 0 Å². The summed E-state index contributed by atoms with van der Waals surface area (Å²) in [5.74, 6) is -38.8. The maximum absolute atomic E-state index is 13.0. The molecular weight excluding hydrogens is 473 g/mol. The molecule has 1 atom stereocenters. The molecule has 0 aromatic carbocycles. The Bertz CT molecular complexity index is 675. The SMILES string of the molecule is C=CCN.CC(F)C(F)(F)C(F)(F)C(F)(F)C(F)(F)C(F)(F)C(F)(F)S(=O)(=O)O. The van der Waals surface area contributed by atoms with Gasteiger partial charge in [0.05, 0.1) is 0 Å². The van der Waals surface area contributed by atoms with Crippen molar-refractivity contribution < 1.29 is 70.0 Å². The zero-order chi connectivity index (χ0) is 24.5. The molecule has 0 bridgehead atoms. The van der Waals surface area contributed by atoms with E-state index in [-0.39, 0.29) is 0 Å². The van der Waals surface area contributed by atoms with Crippen LogP contribution in [0.4, 0.5) is 57.1 Å². The Morgan fingerprint density at radius 2 is 1.14 bits per heavy atom. The molecule has 0 fully saturated rings. The zero-order valence-electron chi connectivity index (χ0n) is 13.7. The third kappa shape index (κ3) is 4.57. The number of nitrogens with two attached hydrogens (primary N) is 1. The van der Waals surface area contributed by atoms with Gasteiger partial charge in [0.1, 0.15) is 0 Å². The van der Waals surface area contributed by atoms with Gasteiger partial charge in [-0.05, 0) is 6.92 Å². The quantitative estimate of drug-likeness (QED) is 0.308. The maximum Gasteiger partial charge on any atom is 0.438 e. The predicted octanol–water partition coefficient (Wildman–Crippen LogP) is 4.13. The Morgan fingerprint density at radius 3 is 1.34 bits per heavy atom. The maximum atomic E-state index is 13.0. The second-order valence-electron chi connectivity index (χ2n) is 5.05. The molecule has 0 aliphatic carbocycles. The standard InChI is InChI=1S/C8H5F13O3S.C3H7N/c1-2(9)3(10,11)4(12,13)5(14,15)6(16,17)7(18,19)8(20,21)25(22,23)24;1-2-3-4/h2H,1H3,(H,22,23,24);2H,1,3-4H2. The fourth-order valence-electron chi connectivity index (χ4n) is 1.20. The molecule has 0 saturated heterocycles. The molecule has 0 heterocycles. The molecule has 3 N–H and O–H groups in total. The van der Waals surface area contributed by atoms with Crippen molar-refractivity contribution in [3.05, 3.63) is 12.7 Å². The smallest absolute Gasteiger partial charge is 0.327 e. The highest BCUT2D eigenvalue weighted by atomic mass is 32.2. The van der Waals surface area contributed by atoms with E-state index in [0.717, 1.165) is 0 Å². The summed E-state index contributed by atoms with van der Waals surface area (Å²) in [7, 11) is -7.60. The van der Waals surface area contributed by atoms with Crippen LogP contribution < -0.4 is 5.73 Å². The first-order valence-corrected chi connectivity index (χ1v) is 7.99. The van der Waals surface area contributed by atoms with Crippen molar-refractivity contribution in [3.8, 4) is 0 Å². The van der Waals surface area contributed by atoms with Crippen molar-refractivity contribution in [1.29, 1.82) is 0 Å². The first-order chi connectivity index (χ1) is 12.4. The van der Waals surface area contributed by atoms with E-state index < -0.39 is 58.1 Å². The van der Waals surface area contributed by atoms with Gasteiger partial charge >= 0.3 is 45.0 Å². The van der Waals surface area contributed by atoms with Crippen LogP contribution in [0.3, 0.4) is 0 Å². The lowest BCUT2D eigenvalue weighted by atomic mass is 9.92. The summed E-state index contributed by atoms with van der Waals surface area (Å²) in [4.78, 5) is 0. The van der Waals surface area contributed by atoms with Crippen LogP contribution in [0.25, 0.3) is 0 Å². The molecule has 0 radical (unpaired) electrons. The molecule has 0 aromatic heterocycles. The summed E-state index contributed by atoms with van der Waals surface area (Å²) in [6, 6.07) is 0. The molecule has 0 aliphatic heterocycles. The van der Waals surface area contributed by atoms with Gasteiger partial charge in [-0.2, -0.15) is 61.1 Å². The highest BCUT2D eigenvalue weighted by molar-refractivity contribution is 7.87. The van der Waals surface area contributed by atoms with Crippen LogP contribution in [0.2, 0.25) is 0 Å². The number of halogens is 13. The van der Waals surface area contributed by atoms with Crippen molar-refractivity contribution in [2.24, 2.45) is 5.73 Å². The van der Waals surface area contributed by atoms with E-state index in [1.54, 1.807) is 6.08 Å². The molecule has 0 amide bonds. The van der Waals surface area contributed by atoms with Crippen molar-refractivity contribution in [1.82, 2.24) is 0 Å². The van der Waals surface area contributed by atoms with E-state index in [9.17, 15) is 65.5 Å². The third-order valence-corrected chi connectivity index (χ3v) is 3.86. The predicted molar refractivity (Wildman–Crippen MR) is 71.1 cm³/mol. The van der Waals surface area contributed by atoms with Gasteiger partial charge in [-0.3, -0.25) is 4.55 Å². The lowest BCUT2D eigenvalue weighted by Gasteiger charge is -2.40. The Kier molecular flexibility index (Phi) is 8.71. The Labute approximate surface area is 154 Å². The third-order valence-electron chi connectivity index (χ3n) is 2.96. The van der Waals surface area contributed by atoms with Gasteiger partial charge in [0, 0.05) is 6.54 Å². The van der Waals surface area contributed by atoms with Gasteiger partial charge in [-0.25, -0.2) is 4.39 Å². The average Bonchev–Trinajstić information content (AvgIpc) is 2.52. The molecular formula is C11H12F13NO3S. The normalized spacial score (nSPS) is 16.0. The summed E-state index contributed by atoms with van der Waals surface area (Å²) < 4.78 is 195. The van der Waals surface area contributed by atoms with E-state index >= 15 is 0 Å². The Balaban J connectivity index is 0. The van der Waals surface area contributed by atoms with Gasteiger partial charge < -0.3 is 5.73 Å². The molecule has 0 saturated carbocycles. The van der Waals surface area contributed by atoms with Crippen molar-refractivity contribution in [2.75, 3.05) is 6.54 Å². The van der Waals surface area contributed by atoms with Gasteiger partial charge in [0.15, 0.2) is 6.17 Å². The van der Waals surface area contributed by atoms with Crippen LogP contribution in [-0.4, -0.2) is 60.6 Å². The van der Waals surface area contributed by atoms with Crippen LogP contribution in [0.1, 0.15) is 6.92 Å². The fourth-order valence-corrected chi connectivity index (χ4v) is 1.65. The van der Waals surface area contributed by atoms with Crippen LogP contribution in [0, 0.1) is 0 Å². The number of alkyl halides is 13. The minimum Gasteiger partial charge on any atom is -0.327 e. The topological polar surface area (TPSA) is 80.4 Å². The average molecular weight is 485 g/mol. The van der Waals surface area contributed by atoms with Gasteiger partial charge in [0.25, 0.3) is 0 Å². The molecule has 176 valence electrons. The fraction of sp³-hybridized carbons (Fsp3) is 0.818. The lowest BCUT2D eigenvalue weighted by Crippen LogP contribution is -2.72. The minimum atomic E-state index is -8.19. The van der Waals surface area contributed by atoms with Crippen molar-refractivity contribution >= 4 is 10.1 Å². The van der Waals surface area contributed by atoms with E-state index in [1.165, 1.54) is 0 Å². The number of hydrogen-bond acceptors (Lipinski definition) is 3. The molecule has 0 aliphatic rings. The van der Waals surface area contributed by atoms with Crippen molar-refractivity contribution in [3.63, 3.8) is 0 Å². The minimum absolute atomic E-state index is 0.562. The molecule has 18 heteroatoms. The molecule has 0 aromatic rings. The monoisotopic (exact) mass is 485 g/mol. The zero-order valence-corrected chi connectivity index (χ0v) is 14.5. The van der Waals surface area contributed by atoms with Crippen LogP contribution in [0.5, 0.6) is 0 Å². The first-order valence-electron chi connectivity index (χ1n) is 6.55. The number of hydrogen-bond donors (Lipinski definition) is 2. The molecule has 0 spiro atoms. The van der Waals surface area contributed by atoms with Crippen LogP contribution in [-0.2, 0) is 10.1 Å². The van der Waals surface area contributed by atoms with Gasteiger partial charge in [-0.1, -0.05) is 6.08 Å². The first kappa shape index (κ1) is 29.9. The van der Waals surface area contributed by atoms with Crippen molar-refractivity contribution in [2.45, 2.75) is 48.0 Å². The molecule has 29 heavy (non-hydrogen) atoms. The summed E-state index contributed by atoms with van der Waals surface area (Å²) in [6.07, 6.45) is -2.69. The van der Waals surface area contributed by atoms with E-state index in [1.807, 2.05) is 0 Å². The second-order valence-corrected chi connectivity index (χ2v) is 6.52.